The first-order valence-electron chi connectivity index (χ1n) is 6.66. The summed E-state index contributed by atoms with van der Waals surface area (Å²) in [6.45, 7) is 2.91. The van der Waals surface area contributed by atoms with Gasteiger partial charge < -0.3 is 4.90 Å². The highest BCUT2D eigenvalue weighted by Crippen LogP contribution is 2.26. The molecule has 0 heterocycles. The molecular weight excluding hydrogens is 290 g/mol. The highest BCUT2D eigenvalue weighted by atomic mass is 79.9. The Morgan fingerprint density at radius 2 is 2.00 bits per heavy atom. The highest BCUT2D eigenvalue weighted by molar-refractivity contribution is 9.09. The molecule has 1 amide bonds. The minimum absolute atomic E-state index is 0.195. The molecule has 0 spiro atoms. The molecule has 1 fully saturated rings. The Labute approximate surface area is 117 Å². The van der Waals surface area contributed by atoms with Crippen LogP contribution in [-0.2, 0) is 0 Å². The van der Waals surface area contributed by atoms with Crippen molar-refractivity contribution in [2.75, 3.05) is 11.9 Å². The zero-order valence-electron chi connectivity index (χ0n) is 10.9. The maximum atomic E-state index is 12.5. The molecule has 0 unspecified atom stereocenters. The molecule has 0 N–H and O–H groups in total. The molecule has 1 saturated carbocycles. The molecule has 3 heteroatoms. The topological polar surface area (TPSA) is 20.3 Å². The Kier molecular flexibility index (Phi) is 4.81. The number of carbonyl (C=O) groups is 1. The van der Waals surface area contributed by atoms with E-state index >= 15 is 0 Å². The SMILES string of the molecule is Cc1ccc(C(=O)N(CCCBr)C2CCC2)cc1. The van der Waals surface area contributed by atoms with Crippen LogP contribution in [0, 0.1) is 6.92 Å². The molecule has 0 aromatic heterocycles. The van der Waals surface area contributed by atoms with Gasteiger partial charge in [-0.1, -0.05) is 33.6 Å². The molecule has 98 valence electrons. The third kappa shape index (κ3) is 3.14. The van der Waals surface area contributed by atoms with Crippen molar-refractivity contribution < 1.29 is 4.79 Å². The number of hydrogen-bond acceptors (Lipinski definition) is 1. The quantitative estimate of drug-likeness (QED) is 0.758. The maximum Gasteiger partial charge on any atom is 0.254 e. The molecular formula is C15H20BrNO. The lowest BCUT2D eigenvalue weighted by molar-refractivity contribution is 0.0581. The zero-order valence-corrected chi connectivity index (χ0v) is 12.4. The fraction of sp³-hybridized carbons (Fsp3) is 0.533. The van der Waals surface area contributed by atoms with E-state index in [0.717, 1.165) is 23.9 Å². The molecule has 18 heavy (non-hydrogen) atoms. The van der Waals surface area contributed by atoms with Gasteiger partial charge in [0.2, 0.25) is 0 Å². The van der Waals surface area contributed by atoms with Crippen LogP contribution in [0.5, 0.6) is 0 Å². The molecule has 1 aliphatic rings. The second kappa shape index (κ2) is 6.37. The number of carbonyl (C=O) groups excluding carboxylic acids is 1. The van der Waals surface area contributed by atoms with Gasteiger partial charge in [-0.25, -0.2) is 0 Å². The zero-order chi connectivity index (χ0) is 13.0. The lowest BCUT2D eigenvalue weighted by atomic mass is 9.90. The molecule has 0 aliphatic heterocycles. The summed E-state index contributed by atoms with van der Waals surface area (Å²) >= 11 is 3.44. The van der Waals surface area contributed by atoms with Crippen LogP contribution in [0.4, 0.5) is 0 Å². The minimum Gasteiger partial charge on any atom is -0.336 e. The monoisotopic (exact) mass is 309 g/mol. The molecule has 1 aromatic rings. The first-order valence-corrected chi connectivity index (χ1v) is 7.78. The molecule has 0 saturated heterocycles. The van der Waals surface area contributed by atoms with Gasteiger partial charge in [0, 0.05) is 23.5 Å². The van der Waals surface area contributed by atoms with Crippen LogP contribution >= 0.6 is 15.9 Å². The summed E-state index contributed by atoms with van der Waals surface area (Å²) in [6, 6.07) is 8.38. The summed E-state index contributed by atoms with van der Waals surface area (Å²) in [6.07, 6.45) is 4.62. The van der Waals surface area contributed by atoms with E-state index in [1.54, 1.807) is 0 Å². The standard InChI is InChI=1S/C15H20BrNO/c1-12-6-8-13(9-7-12)15(18)17(11-3-10-16)14-4-2-5-14/h6-9,14H,2-5,10-11H2,1H3. The van der Waals surface area contributed by atoms with E-state index in [1.807, 2.05) is 31.2 Å². The molecule has 0 atom stereocenters. The molecule has 0 radical (unpaired) electrons. The number of amides is 1. The van der Waals surface area contributed by atoms with E-state index < -0.39 is 0 Å². The van der Waals surface area contributed by atoms with Crippen molar-refractivity contribution in [1.29, 1.82) is 0 Å². The summed E-state index contributed by atoms with van der Waals surface area (Å²) < 4.78 is 0. The van der Waals surface area contributed by atoms with E-state index in [4.69, 9.17) is 0 Å². The van der Waals surface area contributed by atoms with Crippen LogP contribution in [0.3, 0.4) is 0 Å². The van der Waals surface area contributed by atoms with Crippen LogP contribution in [-0.4, -0.2) is 28.7 Å². The fourth-order valence-electron chi connectivity index (χ4n) is 2.24. The Morgan fingerprint density at radius 1 is 1.33 bits per heavy atom. The predicted octanol–water partition coefficient (Wildman–Crippen LogP) is 3.77. The second-order valence-corrected chi connectivity index (χ2v) is 5.78. The highest BCUT2D eigenvalue weighted by Gasteiger charge is 2.28. The maximum absolute atomic E-state index is 12.5. The Morgan fingerprint density at radius 3 is 2.50 bits per heavy atom. The third-order valence-corrected chi connectivity index (χ3v) is 4.17. The summed E-state index contributed by atoms with van der Waals surface area (Å²) in [5, 5.41) is 0.956. The summed E-state index contributed by atoms with van der Waals surface area (Å²) in [5.74, 6) is 0.195. The molecule has 2 nitrogen and oxygen atoms in total. The van der Waals surface area contributed by atoms with Gasteiger partial charge in [0.05, 0.1) is 0 Å². The van der Waals surface area contributed by atoms with Crippen LogP contribution in [0.25, 0.3) is 0 Å². The number of aryl methyl sites for hydroxylation is 1. The van der Waals surface area contributed by atoms with Crippen LogP contribution in [0.1, 0.15) is 41.6 Å². The number of alkyl halides is 1. The summed E-state index contributed by atoms with van der Waals surface area (Å²) in [4.78, 5) is 14.6. The van der Waals surface area contributed by atoms with Crippen molar-refractivity contribution in [3.8, 4) is 0 Å². The number of halogens is 1. The number of benzene rings is 1. The molecule has 1 aromatic carbocycles. The van der Waals surface area contributed by atoms with Crippen molar-refractivity contribution in [3.05, 3.63) is 35.4 Å². The summed E-state index contributed by atoms with van der Waals surface area (Å²) in [5.41, 5.74) is 2.02. The average Bonchev–Trinajstić information content (AvgIpc) is 2.32. The molecule has 2 rings (SSSR count). The minimum atomic E-state index is 0.195. The summed E-state index contributed by atoms with van der Waals surface area (Å²) in [7, 11) is 0. The molecule has 0 bridgehead atoms. The Bertz CT molecular complexity index is 397. The lowest BCUT2D eigenvalue weighted by Crippen LogP contribution is -2.44. The lowest BCUT2D eigenvalue weighted by Gasteiger charge is -2.37. The molecule has 1 aliphatic carbocycles. The fourth-order valence-corrected chi connectivity index (χ4v) is 2.49. The van der Waals surface area contributed by atoms with Crippen molar-refractivity contribution in [3.63, 3.8) is 0 Å². The van der Waals surface area contributed by atoms with E-state index in [0.29, 0.717) is 6.04 Å². The first kappa shape index (κ1) is 13.6. The predicted molar refractivity (Wildman–Crippen MR) is 78.3 cm³/mol. The van der Waals surface area contributed by atoms with Crippen LogP contribution in [0.2, 0.25) is 0 Å². The number of nitrogens with zero attached hydrogens (tertiary/aromatic N) is 1. The van der Waals surface area contributed by atoms with Gasteiger partial charge in [-0.05, 0) is 44.7 Å². The van der Waals surface area contributed by atoms with Crippen LogP contribution < -0.4 is 0 Å². The van der Waals surface area contributed by atoms with Gasteiger partial charge in [0.15, 0.2) is 0 Å². The first-order chi connectivity index (χ1) is 8.72. The van der Waals surface area contributed by atoms with Crippen LogP contribution in [0.15, 0.2) is 24.3 Å². The largest absolute Gasteiger partial charge is 0.336 e. The van der Waals surface area contributed by atoms with E-state index in [2.05, 4.69) is 20.8 Å². The van der Waals surface area contributed by atoms with Crippen molar-refractivity contribution in [1.82, 2.24) is 4.90 Å². The van der Waals surface area contributed by atoms with Gasteiger partial charge in [-0.3, -0.25) is 4.79 Å². The number of rotatable bonds is 5. The van der Waals surface area contributed by atoms with Crippen molar-refractivity contribution in [2.24, 2.45) is 0 Å². The Balaban J connectivity index is 2.08. The van der Waals surface area contributed by atoms with E-state index in [-0.39, 0.29) is 5.91 Å². The smallest absolute Gasteiger partial charge is 0.254 e. The van der Waals surface area contributed by atoms with Gasteiger partial charge in [-0.2, -0.15) is 0 Å². The van der Waals surface area contributed by atoms with Gasteiger partial charge in [0.1, 0.15) is 0 Å². The van der Waals surface area contributed by atoms with E-state index in [9.17, 15) is 4.79 Å². The van der Waals surface area contributed by atoms with E-state index in [1.165, 1.54) is 24.8 Å². The van der Waals surface area contributed by atoms with Gasteiger partial charge in [0.25, 0.3) is 5.91 Å². The normalized spacial score (nSPS) is 15.2. The van der Waals surface area contributed by atoms with Gasteiger partial charge in [-0.15, -0.1) is 0 Å². The third-order valence-electron chi connectivity index (χ3n) is 3.61. The van der Waals surface area contributed by atoms with Crippen molar-refractivity contribution in [2.45, 2.75) is 38.6 Å². The second-order valence-electron chi connectivity index (χ2n) is 4.99. The number of hydrogen-bond donors (Lipinski definition) is 0. The average molecular weight is 310 g/mol. The Hall–Kier alpha value is -0.830. The van der Waals surface area contributed by atoms with Crippen molar-refractivity contribution >= 4 is 21.8 Å². The van der Waals surface area contributed by atoms with Gasteiger partial charge >= 0.3 is 0 Å².